The molecule has 0 aromatic rings. The Hall–Kier alpha value is -2.14. The summed E-state index contributed by atoms with van der Waals surface area (Å²) >= 11 is 0. The van der Waals surface area contributed by atoms with E-state index in [4.69, 9.17) is 9.47 Å². The maximum Gasteiger partial charge on any atom is 0.306 e. The quantitative estimate of drug-likeness (QED) is 0.0747. The molecular weight excluding hydrogens is 464 g/mol. The Morgan fingerprint density at radius 2 is 1.16 bits per heavy atom. The van der Waals surface area contributed by atoms with Crippen molar-refractivity contribution in [2.75, 3.05) is 13.2 Å². The minimum Gasteiger partial charge on any atom is -0.462 e. The number of aliphatic hydroxyl groups excluding tert-OH is 1. The molecule has 0 saturated heterocycles. The van der Waals surface area contributed by atoms with Gasteiger partial charge in [-0.05, 0) is 51.4 Å². The van der Waals surface area contributed by atoms with Crippen LogP contribution >= 0.6 is 0 Å². The van der Waals surface area contributed by atoms with Gasteiger partial charge in [0.15, 0.2) is 6.10 Å². The van der Waals surface area contributed by atoms with Crippen molar-refractivity contribution in [3.05, 3.63) is 48.6 Å². The summed E-state index contributed by atoms with van der Waals surface area (Å²) in [5.74, 6) is -0.651. The fourth-order valence-electron chi connectivity index (χ4n) is 3.66. The third-order valence-electron chi connectivity index (χ3n) is 5.89. The van der Waals surface area contributed by atoms with Gasteiger partial charge < -0.3 is 14.6 Å². The summed E-state index contributed by atoms with van der Waals surface area (Å²) in [6.07, 6.45) is 33.1. The number of carbonyl (C=O) groups excluding carboxylic acids is 2. The molecule has 37 heavy (non-hydrogen) atoms. The zero-order chi connectivity index (χ0) is 27.2. The molecule has 0 aromatic heterocycles. The van der Waals surface area contributed by atoms with E-state index in [1.807, 2.05) is 0 Å². The fourth-order valence-corrected chi connectivity index (χ4v) is 3.66. The zero-order valence-corrected chi connectivity index (χ0v) is 23.7. The van der Waals surface area contributed by atoms with Crippen molar-refractivity contribution >= 4 is 11.9 Å². The van der Waals surface area contributed by atoms with Gasteiger partial charge in [0.05, 0.1) is 6.61 Å². The highest BCUT2D eigenvalue weighted by Crippen LogP contribution is 2.10. The summed E-state index contributed by atoms with van der Waals surface area (Å²) in [5, 5.41) is 9.44. The molecule has 1 atom stereocenters. The van der Waals surface area contributed by atoms with Crippen LogP contribution < -0.4 is 0 Å². The first-order valence-corrected chi connectivity index (χ1v) is 14.7. The number of unbranched alkanes of at least 4 members (excludes halogenated alkanes) is 9. The first kappa shape index (κ1) is 34.9. The van der Waals surface area contributed by atoms with Crippen LogP contribution in [0.15, 0.2) is 48.6 Å². The van der Waals surface area contributed by atoms with Gasteiger partial charge in [-0.3, -0.25) is 9.59 Å². The van der Waals surface area contributed by atoms with Crippen LogP contribution in [0.1, 0.15) is 123 Å². The van der Waals surface area contributed by atoms with E-state index in [0.29, 0.717) is 12.8 Å². The third-order valence-corrected chi connectivity index (χ3v) is 5.89. The fraction of sp³-hybridized carbons (Fsp3) is 0.688. The number of ether oxygens (including phenoxy) is 2. The lowest BCUT2D eigenvalue weighted by molar-refractivity contribution is -0.161. The summed E-state index contributed by atoms with van der Waals surface area (Å²) in [4.78, 5) is 23.9. The highest BCUT2D eigenvalue weighted by Gasteiger charge is 2.15. The lowest BCUT2D eigenvalue weighted by atomic mass is 10.1. The molecule has 0 radical (unpaired) electrons. The molecule has 0 aromatic carbocycles. The minimum atomic E-state index is -0.788. The highest BCUT2D eigenvalue weighted by atomic mass is 16.6. The normalized spacial score (nSPS) is 12.8. The molecule has 5 nitrogen and oxygen atoms in total. The number of carbonyl (C=O) groups is 2. The molecule has 0 spiro atoms. The first-order valence-electron chi connectivity index (χ1n) is 14.7. The number of esters is 2. The second-order valence-corrected chi connectivity index (χ2v) is 9.45. The number of allylic oxidation sites excluding steroid dienone is 8. The molecule has 1 N–H and O–H groups in total. The van der Waals surface area contributed by atoms with Crippen molar-refractivity contribution in [2.45, 2.75) is 129 Å². The second-order valence-electron chi connectivity index (χ2n) is 9.45. The Morgan fingerprint density at radius 3 is 1.76 bits per heavy atom. The molecule has 0 saturated carbocycles. The lowest BCUT2D eigenvalue weighted by Gasteiger charge is -2.15. The maximum absolute atomic E-state index is 12.0. The average molecular weight is 519 g/mol. The SMILES string of the molecule is CC/C=C/C/C=C/C/C=C/C/C=C/CCCCC(=O)O[C@@H](CO)COC(=O)CCCCCCCCCC. The molecule has 0 aliphatic rings. The smallest absolute Gasteiger partial charge is 0.306 e. The monoisotopic (exact) mass is 518 g/mol. The van der Waals surface area contributed by atoms with Gasteiger partial charge in [-0.2, -0.15) is 0 Å². The van der Waals surface area contributed by atoms with E-state index in [0.717, 1.165) is 64.2 Å². The summed E-state index contributed by atoms with van der Waals surface area (Å²) in [7, 11) is 0. The van der Waals surface area contributed by atoms with Gasteiger partial charge >= 0.3 is 11.9 Å². The molecule has 0 fully saturated rings. The van der Waals surface area contributed by atoms with Crippen LogP contribution in [0.3, 0.4) is 0 Å². The van der Waals surface area contributed by atoms with E-state index in [-0.39, 0.29) is 25.2 Å². The van der Waals surface area contributed by atoms with E-state index in [1.165, 1.54) is 32.1 Å². The predicted molar refractivity (Wildman–Crippen MR) is 154 cm³/mol. The Morgan fingerprint density at radius 1 is 0.649 bits per heavy atom. The summed E-state index contributed by atoms with van der Waals surface area (Å²) in [5.41, 5.74) is 0. The molecule has 0 unspecified atom stereocenters. The van der Waals surface area contributed by atoms with Crippen molar-refractivity contribution in [1.29, 1.82) is 0 Å². The van der Waals surface area contributed by atoms with Crippen LogP contribution in [0.2, 0.25) is 0 Å². The van der Waals surface area contributed by atoms with E-state index in [2.05, 4.69) is 62.5 Å². The number of hydrogen-bond donors (Lipinski definition) is 1. The van der Waals surface area contributed by atoms with Crippen molar-refractivity contribution < 1.29 is 24.2 Å². The molecule has 0 heterocycles. The molecule has 0 bridgehead atoms. The Balaban J connectivity index is 3.73. The van der Waals surface area contributed by atoms with Crippen molar-refractivity contribution in [1.82, 2.24) is 0 Å². The van der Waals surface area contributed by atoms with Crippen LogP contribution in [0.25, 0.3) is 0 Å². The third kappa shape index (κ3) is 26.7. The minimum absolute atomic E-state index is 0.0833. The molecule has 0 aliphatic carbocycles. The topological polar surface area (TPSA) is 72.8 Å². The van der Waals surface area contributed by atoms with Crippen molar-refractivity contribution in [2.24, 2.45) is 0 Å². The number of rotatable bonds is 25. The van der Waals surface area contributed by atoms with Crippen molar-refractivity contribution in [3.8, 4) is 0 Å². The van der Waals surface area contributed by atoms with Crippen LogP contribution in [-0.4, -0.2) is 36.4 Å². The lowest BCUT2D eigenvalue weighted by Crippen LogP contribution is -2.28. The van der Waals surface area contributed by atoms with Gasteiger partial charge in [-0.15, -0.1) is 0 Å². The van der Waals surface area contributed by atoms with Gasteiger partial charge in [-0.25, -0.2) is 0 Å². The van der Waals surface area contributed by atoms with Gasteiger partial charge in [0, 0.05) is 12.8 Å². The molecule has 0 amide bonds. The zero-order valence-electron chi connectivity index (χ0n) is 23.7. The molecule has 212 valence electrons. The largest absolute Gasteiger partial charge is 0.462 e. The van der Waals surface area contributed by atoms with Gasteiger partial charge in [0.2, 0.25) is 0 Å². The van der Waals surface area contributed by atoms with Crippen LogP contribution in [0.4, 0.5) is 0 Å². The molecular formula is C32H54O5. The Labute approximate surface area is 227 Å². The van der Waals surface area contributed by atoms with Crippen LogP contribution in [0, 0.1) is 0 Å². The Bertz CT molecular complexity index is 648. The van der Waals surface area contributed by atoms with E-state index >= 15 is 0 Å². The van der Waals surface area contributed by atoms with Gasteiger partial charge in [0.1, 0.15) is 6.61 Å². The molecule has 0 aliphatic heterocycles. The maximum atomic E-state index is 12.0. The first-order chi connectivity index (χ1) is 18.1. The van der Waals surface area contributed by atoms with E-state index in [9.17, 15) is 14.7 Å². The van der Waals surface area contributed by atoms with Crippen molar-refractivity contribution in [3.63, 3.8) is 0 Å². The predicted octanol–water partition coefficient (Wildman–Crippen LogP) is 8.33. The summed E-state index contributed by atoms with van der Waals surface area (Å²) < 4.78 is 10.4. The van der Waals surface area contributed by atoms with E-state index in [1.54, 1.807) is 0 Å². The van der Waals surface area contributed by atoms with Crippen LogP contribution in [-0.2, 0) is 19.1 Å². The average Bonchev–Trinajstić information content (AvgIpc) is 2.90. The van der Waals surface area contributed by atoms with Gasteiger partial charge in [0.25, 0.3) is 0 Å². The highest BCUT2D eigenvalue weighted by molar-refractivity contribution is 5.70. The summed E-state index contributed by atoms with van der Waals surface area (Å²) in [6.45, 7) is 3.92. The second kappa shape index (κ2) is 28.4. The number of aliphatic hydroxyl groups is 1. The van der Waals surface area contributed by atoms with Crippen LogP contribution in [0.5, 0.6) is 0 Å². The van der Waals surface area contributed by atoms with Gasteiger partial charge in [-0.1, -0.05) is 107 Å². The molecule has 0 rings (SSSR count). The molecule has 5 heteroatoms. The Kier molecular flexibility index (Phi) is 26.8. The standard InChI is InChI=1S/C32H54O5/c1-3-5-7-9-11-13-14-15-16-17-18-19-21-23-25-27-32(35)37-30(28-33)29-36-31(34)26-24-22-20-12-10-8-6-4-2/h5,7,11,13,15-16,18-19,30,33H,3-4,6,8-10,12,14,17,20-29H2,1-2H3/b7-5+,13-11+,16-15+,19-18+/t30-/m0/s1. The number of hydrogen-bond acceptors (Lipinski definition) is 5. The van der Waals surface area contributed by atoms with E-state index < -0.39 is 6.10 Å². The summed E-state index contributed by atoms with van der Waals surface area (Å²) in [6, 6.07) is 0.